The molecule has 238 valence electrons. The zero-order valence-electron chi connectivity index (χ0n) is 28.2. The first-order valence-corrected chi connectivity index (χ1v) is 18.8. The molecule has 1 aromatic heterocycles. The van der Waals surface area contributed by atoms with Crippen LogP contribution in [0, 0.1) is 5.92 Å². The van der Waals surface area contributed by atoms with Crippen molar-refractivity contribution in [1.82, 2.24) is 4.57 Å². The van der Waals surface area contributed by atoms with Crippen LogP contribution in [-0.4, -0.2) is 4.57 Å². The highest BCUT2D eigenvalue weighted by atomic mass is 15.0. The number of aromatic nitrogens is 1. The van der Waals surface area contributed by atoms with Crippen LogP contribution in [-0.2, 0) is 12.8 Å². The Bertz CT molecular complexity index is 1960. The lowest BCUT2D eigenvalue weighted by Gasteiger charge is -2.29. The third kappa shape index (κ3) is 5.22. The first-order chi connectivity index (χ1) is 23.2. The minimum Gasteiger partial charge on any atom is -0.317 e. The smallest absolute Gasteiger partial charge is 0.0531 e. The van der Waals surface area contributed by atoms with E-state index in [1.807, 2.05) is 0 Å². The molecule has 3 aromatic rings. The molecule has 0 saturated carbocycles. The lowest BCUT2D eigenvalue weighted by atomic mass is 9.75. The summed E-state index contributed by atoms with van der Waals surface area (Å²) >= 11 is 0. The van der Waals surface area contributed by atoms with Gasteiger partial charge in [0.15, 0.2) is 0 Å². The van der Waals surface area contributed by atoms with Gasteiger partial charge in [0.05, 0.1) is 5.52 Å². The molecular formula is C46H49N. The molecule has 1 heterocycles. The molecule has 6 aliphatic rings. The van der Waals surface area contributed by atoms with Crippen LogP contribution in [0.4, 0.5) is 0 Å². The Balaban J connectivity index is 1.08. The Morgan fingerprint density at radius 2 is 1.66 bits per heavy atom. The Labute approximate surface area is 281 Å². The van der Waals surface area contributed by atoms with Crippen LogP contribution in [0.5, 0.6) is 0 Å². The summed E-state index contributed by atoms with van der Waals surface area (Å²) in [4.78, 5) is 0. The minimum absolute atomic E-state index is 0.449. The Morgan fingerprint density at radius 1 is 0.745 bits per heavy atom. The van der Waals surface area contributed by atoms with E-state index in [1.165, 1.54) is 103 Å². The van der Waals surface area contributed by atoms with Crippen LogP contribution < -0.4 is 0 Å². The van der Waals surface area contributed by atoms with Gasteiger partial charge >= 0.3 is 0 Å². The molecule has 0 fully saturated rings. The van der Waals surface area contributed by atoms with Gasteiger partial charge in [-0.25, -0.2) is 0 Å². The van der Waals surface area contributed by atoms with E-state index in [0.29, 0.717) is 17.8 Å². The van der Waals surface area contributed by atoms with Gasteiger partial charge in [-0.3, -0.25) is 0 Å². The fourth-order valence-corrected chi connectivity index (χ4v) is 9.98. The summed E-state index contributed by atoms with van der Waals surface area (Å²) in [6.45, 7) is 2.53. The standard InChI is InChI=1S/C46H49N/c1-31-39-25-23-34(35-24-26-46-44(29-35)41-21-10-11-22-45(41)47(46)38-18-6-3-7-19-38)28-43(39)40-20-9-8-15-37(40)30-42(31)36-17-12-16-33(27-36)32-13-4-2-5-14-32/h3-4,6,12-14,16-18,23-27,29,31,34,42H,2,5,7-11,15,19-22,28,30H2,1H3/t31-,34?,42?/m1/s1. The Kier molecular flexibility index (Phi) is 7.68. The SMILES string of the molecule is C[C@@H]1C2=C(CC(c3ccc4c(c3)c3c(n4C4=CC=CCC4)CCCC3)C=C2)C2=C(CCCC2)CC1c1cccc(C2=CCCC=C2)c1. The molecule has 0 amide bonds. The van der Waals surface area contributed by atoms with Crippen molar-refractivity contribution in [2.75, 3.05) is 0 Å². The van der Waals surface area contributed by atoms with Crippen molar-refractivity contribution in [1.29, 1.82) is 0 Å². The first-order valence-electron chi connectivity index (χ1n) is 18.8. The molecule has 0 saturated heterocycles. The largest absolute Gasteiger partial charge is 0.317 e. The maximum absolute atomic E-state index is 2.65. The van der Waals surface area contributed by atoms with E-state index in [1.54, 1.807) is 33.5 Å². The van der Waals surface area contributed by atoms with Crippen molar-refractivity contribution in [3.05, 3.63) is 141 Å². The number of hydrogen-bond donors (Lipinski definition) is 0. The maximum atomic E-state index is 2.65. The highest BCUT2D eigenvalue weighted by molar-refractivity contribution is 5.90. The van der Waals surface area contributed by atoms with E-state index >= 15 is 0 Å². The second kappa shape index (κ2) is 12.3. The lowest BCUT2D eigenvalue weighted by Crippen LogP contribution is -2.15. The van der Waals surface area contributed by atoms with E-state index in [0.717, 1.165) is 25.7 Å². The zero-order chi connectivity index (χ0) is 31.3. The van der Waals surface area contributed by atoms with Crippen LogP contribution in [0.2, 0.25) is 0 Å². The van der Waals surface area contributed by atoms with Crippen molar-refractivity contribution >= 4 is 22.2 Å². The number of allylic oxidation sites excluding steroid dienone is 14. The monoisotopic (exact) mass is 615 g/mol. The first kappa shape index (κ1) is 29.3. The molecular weight excluding hydrogens is 567 g/mol. The number of fused-ring (bicyclic) bond motifs is 4. The van der Waals surface area contributed by atoms with E-state index < -0.39 is 0 Å². The summed E-state index contributed by atoms with van der Waals surface area (Å²) in [6, 6.07) is 17.1. The number of hydrogen-bond acceptors (Lipinski definition) is 0. The number of aryl methyl sites for hydroxylation is 1. The lowest BCUT2D eigenvalue weighted by molar-refractivity contribution is 0.513. The quantitative estimate of drug-likeness (QED) is 0.275. The summed E-state index contributed by atoms with van der Waals surface area (Å²) in [5.41, 5.74) is 18.8. The predicted molar refractivity (Wildman–Crippen MR) is 200 cm³/mol. The average molecular weight is 616 g/mol. The van der Waals surface area contributed by atoms with Gasteiger partial charge < -0.3 is 4.57 Å². The average Bonchev–Trinajstić information content (AvgIpc) is 3.41. The second-order valence-corrected chi connectivity index (χ2v) is 15.1. The van der Waals surface area contributed by atoms with Crippen molar-refractivity contribution in [3.8, 4) is 0 Å². The summed E-state index contributed by atoms with van der Waals surface area (Å²) in [6.07, 6.45) is 36.5. The predicted octanol–water partition coefficient (Wildman–Crippen LogP) is 12.5. The molecule has 47 heavy (non-hydrogen) atoms. The van der Waals surface area contributed by atoms with Crippen LogP contribution in [0.25, 0.3) is 22.2 Å². The van der Waals surface area contributed by atoms with Crippen LogP contribution in [0.1, 0.15) is 124 Å². The topological polar surface area (TPSA) is 4.93 Å². The van der Waals surface area contributed by atoms with Gasteiger partial charge in [0.25, 0.3) is 0 Å². The molecule has 2 unspecified atom stereocenters. The Morgan fingerprint density at radius 3 is 2.55 bits per heavy atom. The van der Waals surface area contributed by atoms with Gasteiger partial charge in [0, 0.05) is 22.7 Å². The number of benzene rings is 2. The molecule has 0 radical (unpaired) electrons. The van der Waals surface area contributed by atoms with Crippen molar-refractivity contribution < 1.29 is 0 Å². The molecule has 0 bridgehead atoms. The molecule has 0 N–H and O–H groups in total. The number of rotatable bonds is 4. The summed E-state index contributed by atoms with van der Waals surface area (Å²) in [5.74, 6) is 1.50. The van der Waals surface area contributed by atoms with E-state index in [9.17, 15) is 0 Å². The van der Waals surface area contributed by atoms with Gasteiger partial charge in [-0.2, -0.15) is 0 Å². The summed E-state index contributed by atoms with van der Waals surface area (Å²) in [7, 11) is 0. The molecule has 0 aliphatic heterocycles. The Hall–Kier alpha value is -3.84. The van der Waals surface area contributed by atoms with Crippen LogP contribution >= 0.6 is 0 Å². The summed E-state index contributed by atoms with van der Waals surface area (Å²) in [5, 5.41) is 1.52. The molecule has 1 nitrogen and oxygen atoms in total. The molecule has 2 aromatic carbocycles. The van der Waals surface area contributed by atoms with Gasteiger partial charge in [-0.05, 0) is 164 Å². The van der Waals surface area contributed by atoms with Gasteiger partial charge in [0.2, 0.25) is 0 Å². The van der Waals surface area contributed by atoms with E-state index in [4.69, 9.17) is 0 Å². The highest BCUT2D eigenvalue weighted by Gasteiger charge is 2.34. The van der Waals surface area contributed by atoms with Crippen LogP contribution in [0.15, 0.2) is 113 Å². The van der Waals surface area contributed by atoms with Crippen LogP contribution in [0.3, 0.4) is 0 Å². The van der Waals surface area contributed by atoms with Crippen molar-refractivity contribution in [2.45, 2.75) is 109 Å². The minimum atomic E-state index is 0.449. The van der Waals surface area contributed by atoms with Crippen molar-refractivity contribution in [2.24, 2.45) is 5.92 Å². The summed E-state index contributed by atoms with van der Waals surface area (Å²) < 4.78 is 2.65. The molecule has 3 atom stereocenters. The molecule has 1 heteroatoms. The highest BCUT2D eigenvalue weighted by Crippen LogP contribution is 2.51. The third-order valence-electron chi connectivity index (χ3n) is 12.4. The number of nitrogens with zero attached hydrogens (tertiary/aromatic N) is 1. The third-order valence-corrected chi connectivity index (χ3v) is 12.4. The molecule has 9 rings (SSSR count). The maximum Gasteiger partial charge on any atom is 0.0531 e. The second-order valence-electron chi connectivity index (χ2n) is 15.1. The molecule has 0 spiro atoms. The van der Waals surface area contributed by atoms with Gasteiger partial charge in [-0.1, -0.05) is 85.4 Å². The molecule has 6 aliphatic carbocycles. The normalized spacial score (nSPS) is 25.7. The zero-order valence-corrected chi connectivity index (χ0v) is 28.2. The van der Waals surface area contributed by atoms with E-state index in [2.05, 4.69) is 103 Å². The fraction of sp³-hybridized carbons (Fsp3) is 0.391. The van der Waals surface area contributed by atoms with Gasteiger partial charge in [0.1, 0.15) is 0 Å². The van der Waals surface area contributed by atoms with Gasteiger partial charge in [-0.15, -0.1) is 0 Å². The van der Waals surface area contributed by atoms with Crippen molar-refractivity contribution in [3.63, 3.8) is 0 Å². The fourth-order valence-electron chi connectivity index (χ4n) is 9.98. The van der Waals surface area contributed by atoms with E-state index in [-0.39, 0.29) is 0 Å².